The lowest BCUT2D eigenvalue weighted by molar-refractivity contribution is 0.0568. The molecule has 0 aliphatic carbocycles. The lowest BCUT2D eigenvalue weighted by atomic mass is 10.2. The molecule has 0 saturated carbocycles. The van der Waals surface area contributed by atoms with Gasteiger partial charge < -0.3 is 14.4 Å². The molecule has 96 valence electrons. The van der Waals surface area contributed by atoms with Crippen LogP contribution in [0.1, 0.15) is 10.6 Å². The van der Waals surface area contributed by atoms with Crippen LogP contribution in [0.2, 0.25) is 0 Å². The zero-order valence-corrected chi connectivity index (χ0v) is 10.7. The lowest BCUT2D eigenvalue weighted by Crippen LogP contribution is -2.02. The van der Waals surface area contributed by atoms with Gasteiger partial charge in [-0.15, -0.1) is 0 Å². The molecule has 0 fully saturated rings. The molecule has 3 rings (SSSR count). The molecule has 0 atom stereocenters. The summed E-state index contributed by atoms with van der Waals surface area (Å²) in [5, 5.41) is 14.3. The monoisotopic (exact) mass is 275 g/mol. The molecule has 0 aliphatic rings. The van der Waals surface area contributed by atoms with Gasteiger partial charge in [0.15, 0.2) is 4.90 Å². The highest BCUT2D eigenvalue weighted by Gasteiger charge is 2.15. The highest BCUT2D eigenvalue weighted by Crippen LogP contribution is 2.27. The van der Waals surface area contributed by atoms with Gasteiger partial charge in [-0.05, 0) is 6.07 Å². The molecule has 2 aromatic heterocycles. The minimum Gasteiger partial charge on any atom is -0.463 e. The van der Waals surface area contributed by atoms with E-state index < -0.39 is 5.97 Å². The normalized spacial score (nSPS) is 12.2. The van der Waals surface area contributed by atoms with E-state index in [9.17, 15) is 10.0 Å². The van der Waals surface area contributed by atoms with Crippen molar-refractivity contribution in [2.75, 3.05) is 7.11 Å². The summed E-state index contributed by atoms with van der Waals surface area (Å²) in [4.78, 5) is 12.0. The zero-order chi connectivity index (χ0) is 13.4. The summed E-state index contributed by atoms with van der Waals surface area (Å²) < 4.78 is 11.0. The van der Waals surface area contributed by atoms with Crippen LogP contribution in [0.15, 0.2) is 39.9 Å². The van der Waals surface area contributed by atoms with E-state index in [1.165, 1.54) is 24.5 Å². The summed E-state index contributed by atoms with van der Waals surface area (Å²) in [5.41, 5.74) is 0. The van der Waals surface area contributed by atoms with E-state index in [0.717, 1.165) is 10.1 Å². The molecular formula is C13H9NO4S. The van der Waals surface area contributed by atoms with Crippen molar-refractivity contribution in [3.8, 4) is 0 Å². The van der Waals surface area contributed by atoms with E-state index in [2.05, 4.69) is 9.89 Å². The third kappa shape index (κ3) is 1.77. The number of rotatable bonds is 1. The predicted molar refractivity (Wildman–Crippen MR) is 70.3 cm³/mol. The Hall–Kier alpha value is -2.34. The van der Waals surface area contributed by atoms with Crippen molar-refractivity contribution in [3.63, 3.8) is 0 Å². The maximum atomic E-state index is 11.5. The first-order valence-corrected chi connectivity index (χ1v) is 6.28. The Morgan fingerprint density at radius 3 is 2.89 bits per heavy atom. The molecule has 0 radical (unpaired) electrons. The van der Waals surface area contributed by atoms with Crippen molar-refractivity contribution in [3.05, 3.63) is 41.4 Å². The summed E-state index contributed by atoms with van der Waals surface area (Å²) in [6, 6.07) is 9.02. The zero-order valence-electron chi connectivity index (χ0n) is 9.91. The second kappa shape index (κ2) is 4.40. The van der Waals surface area contributed by atoms with Gasteiger partial charge in [0.2, 0.25) is 5.76 Å². The minimum absolute atomic E-state index is 0.0916. The van der Waals surface area contributed by atoms with Crippen LogP contribution in [0.3, 0.4) is 0 Å². The predicted octanol–water partition coefficient (Wildman–Crippen LogP) is 2.72. The quantitative estimate of drug-likeness (QED) is 0.421. The van der Waals surface area contributed by atoms with E-state index in [4.69, 9.17) is 4.42 Å². The van der Waals surface area contributed by atoms with Crippen LogP contribution >= 0.6 is 11.3 Å². The molecule has 0 spiro atoms. The van der Waals surface area contributed by atoms with Gasteiger partial charge >= 0.3 is 5.97 Å². The molecule has 0 amide bonds. The van der Waals surface area contributed by atoms with Crippen molar-refractivity contribution in [2.45, 2.75) is 0 Å². The highest BCUT2D eigenvalue weighted by atomic mass is 32.1. The van der Waals surface area contributed by atoms with Gasteiger partial charge in [-0.2, -0.15) is 0 Å². The smallest absolute Gasteiger partial charge is 0.374 e. The topological polar surface area (TPSA) is 72.0 Å². The number of hydrogen-bond acceptors (Lipinski definition) is 6. The molecule has 2 heterocycles. The SMILES string of the molecule is COC(=O)c1cc2c(=NO)c3ccccc3sc2o1. The minimum atomic E-state index is -0.559. The number of nitrogens with zero attached hydrogens (tertiary/aromatic N) is 1. The van der Waals surface area contributed by atoms with Crippen molar-refractivity contribution in [1.29, 1.82) is 0 Å². The number of furan rings is 1. The first-order chi connectivity index (χ1) is 9.24. The molecule has 3 aromatic rings. The molecule has 0 bridgehead atoms. The van der Waals surface area contributed by atoms with Crippen LogP contribution < -0.4 is 5.36 Å². The average molecular weight is 275 g/mol. The summed E-state index contributed by atoms with van der Waals surface area (Å²) in [5.74, 6) is -0.467. The van der Waals surface area contributed by atoms with Crippen molar-refractivity contribution < 1.29 is 19.2 Å². The Kier molecular flexibility index (Phi) is 2.72. The largest absolute Gasteiger partial charge is 0.463 e. The Morgan fingerprint density at radius 2 is 2.16 bits per heavy atom. The number of methoxy groups -OCH3 is 1. The number of ether oxygens (including phenoxy) is 1. The van der Waals surface area contributed by atoms with Crippen molar-refractivity contribution >= 4 is 37.7 Å². The first-order valence-electron chi connectivity index (χ1n) is 5.46. The standard InChI is InChI=1S/C13H9NO4S/c1-17-12(15)9-6-8-11(14-16)7-4-2-3-5-10(7)19-13(8)18-9/h2-6,16H,1H3. The number of benzene rings is 1. The summed E-state index contributed by atoms with van der Waals surface area (Å²) in [6.45, 7) is 0. The van der Waals surface area contributed by atoms with Crippen molar-refractivity contribution in [1.82, 2.24) is 0 Å². The van der Waals surface area contributed by atoms with Gasteiger partial charge in [-0.3, -0.25) is 0 Å². The Morgan fingerprint density at radius 1 is 1.37 bits per heavy atom. The molecule has 5 nitrogen and oxygen atoms in total. The fourth-order valence-electron chi connectivity index (χ4n) is 1.92. The highest BCUT2D eigenvalue weighted by molar-refractivity contribution is 7.24. The summed E-state index contributed by atoms with van der Waals surface area (Å²) in [6.07, 6.45) is 0. The first kappa shape index (κ1) is 11.7. The fourth-order valence-corrected chi connectivity index (χ4v) is 2.94. The van der Waals surface area contributed by atoms with Crippen molar-refractivity contribution in [2.24, 2.45) is 5.16 Å². The van der Waals surface area contributed by atoms with Crippen LogP contribution in [0.5, 0.6) is 0 Å². The molecule has 0 saturated heterocycles. The van der Waals surface area contributed by atoms with Crippen LogP contribution in [0.4, 0.5) is 0 Å². The van der Waals surface area contributed by atoms with E-state index >= 15 is 0 Å². The van der Waals surface area contributed by atoms with Gasteiger partial charge in [0.1, 0.15) is 5.36 Å². The average Bonchev–Trinajstić information content (AvgIpc) is 2.87. The maximum Gasteiger partial charge on any atom is 0.374 e. The van der Waals surface area contributed by atoms with Gasteiger partial charge in [0, 0.05) is 16.2 Å². The van der Waals surface area contributed by atoms with Crippen LogP contribution in [0, 0.1) is 0 Å². The number of fused-ring (bicyclic) bond motifs is 2. The summed E-state index contributed by atoms with van der Waals surface area (Å²) in [7, 11) is 1.28. The second-order valence-corrected chi connectivity index (χ2v) is 4.86. The third-order valence-corrected chi connectivity index (χ3v) is 3.85. The maximum absolute atomic E-state index is 11.5. The van der Waals surface area contributed by atoms with E-state index in [1.807, 2.05) is 24.3 Å². The molecule has 1 N–H and O–H groups in total. The Balaban J connectivity index is 2.45. The van der Waals surface area contributed by atoms with Crippen LogP contribution in [-0.2, 0) is 4.74 Å². The third-order valence-electron chi connectivity index (χ3n) is 2.78. The van der Waals surface area contributed by atoms with Gasteiger partial charge in [-0.25, -0.2) is 4.79 Å². The molecule has 19 heavy (non-hydrogen) atoms. The van der Waals surface area contributed by atoms with Gasteiger partial charge in [-0.1, -0.05) is 34.7 Å². The molecular weight excluding hydrogens is 266 g/mol. The van der Waals surface area contributed by atoms with Crippen LogP contribution in [-0.4, -0.2) is 18.3 Å². The van der Waals surface area contributed by atoms with E-state index in [-0.39, 0.29) is 5.76 Å². The van der Waals surface area contributed by atoms with Gasteiger partial charge in [0.05, 0.1) is 12.5 Å². The Bertz CT molecular complexity index is 847. The lowest BCUT2D eigenvalue weighted by Gasteiger charge is -1.96. The molecule has 6 heteroatoms. The number of carbonyl (C=O) groups is 1. The number of esters is 1. The molecule has 1 aromatic carbocycles. The fraction of sp³-hybridized carbons (Fsp3) is 0.0769. The van der Waals surface area contributed by atoms with E-state index in [1.54, 1.807) is 0 Å². The van der Waals surface area contributed by atoms with E-state index in [0.29, 0.717) is 15.6 Å². The van der Waals surface area contributed by atoms with Crippen LogP contribution in [0.25, 0.3) is 20.4 Å². The number of carbonyl (C=O) groups excluding carboxylic acids is 1. The molecule has 0 aliphatic heterocycles. The van der Waals surface area contributed by atoms with Gasteiger partial charge in [0.25, 0.3) is 0 Å². The number of hydrogen-bond donors (Lipinski definition) is 1. The molecule has 0 unspecified atom stereocenters. The summed E-state index contributed by atoms with van der Waals surface area (Å²) >= 11 is 1.38. The Labute approximate surface area is 111 Å². The second-order valence-electron chi connectivity index (χ2n) is 3.85.